The first kappa shape index (κ1) is 19.4. The molecule has 3 rings (SSSR count). The van der Waals surface area contributed by atoms with Crippen molar-refractivity contribution in [1.82, 2.24) is 15.2 Å². The second-order valence-electron chi connectivity index (χ2n) is 7.33. The van der Waals surface area contributed by atoms with Gasteiger partial charge in [0.2, 0.25) is 0 Å². The monoisotopic (exact) mass is 367 g/mol. The fourth-order valence-electron chi connectivity index (χ4n) is 3.53. The summed E-state index contributed by atoms with van der Waals surface area (Å²) in [6.45, 7) is 3.71. The average molecular weight is 367 g/mol. The molecule has 0 saturated carbocycles. The van der Waals surface area contributed by atoms with E-state index in [0.717, 1.165) is 36.2 Å². The number of nitrogens with zero attached hydrogens (tertiary/aromatic N) is 2. The van der Waals surface area contributed by atoms with Gasteiger partial charge in [-0.25, -0.2) is 0 Å². The summed E-state index contributed by atoms with van der Waals surface area (Å²) >= 11 is 0. The van der Waals surface area contributed by atoms with E-state index < -0.39 is 0 Å². The third kappa shape index (κ3) is 5.07. The molecular formula is C22H29N3O2. The number of pyridine rings is 1. The Morgan fingerprint density at radius 3 is 2.81 bits per heavy atom. The average Bonchev–Trinajstić information content (AvgIpc) is 2.71. The van der Waals surface area contributed by atoms with Gasteiger partial charge in [-0.15, -0.1) is 0 Å². The van der Waals surface area contributed by atoms with Gasteiger partial charge in [-0.1, -0.05) is 6.42 Å². The summed E-state index contributed by atoms with van der Waals surface area (Å²) < 4.78 is 0. The van der Waals surface area contributed by atoms with Crippen molar-refractivity contribution >= 4 is 5.91 Å². The fraction of sp³-hybridized carbons (Fsp3) is 0.455. The van der Waals surface area contributed by atoms with Gasteiger partial charge in [-0.05, 0) is 75.0 Å². The van der Waals surface area contributed by atoms with E-state index >= 15 is 0 Å². The summed E-state index contributed by atoms with van der Waals surface area (Å²) in [6.07, 6.45) is 7.41. The number of aromatic hydroxyl groups is 1. The van der Waals surface area contributed by atoms with Crippen LogP contribution in [-0.2, 0) is 6.42 Å². The SMILES string of the molecule is CCN(C)C(=O)c1ccc(-c2cc(O)cc(CC[C@@H]3CCCCN3)c2)nc1. The molecule has 1 atom stereocenters. The number of phenols is 1. The molecule has 0 radical (unpaired) electrons. The molecule has 5 nitrogen and oxygen atoms in total. The number of piperidine rings is 1. The Labute approximate surface area is 161 Å². The highest BCUT2D eigenvalue weighted by Gasteiger charge is 2.14. The van der Waals surface area contributed by atoms with Crippen LogP contribution in [0.1, 0.15) is 48.5 Å². The Kier molecular flexibility index (Phi) is 6.45. The molecule has 0 spiro atoms. The van der Waals surface area contributed by atoms with Gasteiger partial charge in [0.05, 0.1) is 11.3 Å². The van der Waals surface area contributed by atoms with Crippen LogP contribution in [0.3, 0.4) is 0 Å². The maximum atomic E-state index is 12.2. The highest BCUT2D eigenvalue weighted by atomic mass is 16.3. The first-order chi connectivity index (χ1) is 13.1. The molecule has 1 aliphatic rings. The zero-order chi connectivity index (χ0) is 19.2. The molecular weight excluding hydrogens is 338 g/mol. The molecule has 1 fully saturated rings. The van der Waals surface area contributed by atoms with Crippen LogP contribution < -0.4 is 5.32 Å². The number of amides is 1. The van der Waals surface area contributed by atoms with Crippen molar-refractivity contribution in [2.75, 3.05) is 20.1 Å². The number of aryl methyl sites for hydroxylation is 1. The molecule has 1 aromatic heterocycles. The van der Waals surface area contributed by atoms with Crippen LogP contribution >= 0.6 is 0 Å². The number of rotatable bonds is 6. The number of benzene rings is 1. The van der Waals surface area contributed by atoms with E-state index in [9.17, 15) is 9.90 Å². The molecule has 2 heterocycles. The van der Waals surface area contributed by atoms with E-state index in [1.165, 1.54) is 19.3 Å². The van der Waals surface area contributed by atoms with Crippen LogP contribution in [0.4, 0.5) is 0 Å². The summed E-state index contributed by atoms with van der Waals surface area (Å²) in [5.74, 6) is 0.222. The molecule has 2 N–H and O–H groups in total. The Morgan fingerprint density at radius 1 is 1.30 bits per heavy atom. The van der Waals surface area contributed by atoms with Crippen LogP contribution in [0.5, 0.6) is 5.75 Å². The van der Waals surface area contributed by atoms with Gasteiger partial charge >= 0.3 is 0 Å². The van der Waals surface area contributed by atoms with Crippen molar-refractivity contribution in [3.05, 3.63) is 47.7 Å². The van der Waals surface area contributed by atoms with Gasteiger partial charge in [0.1, 0.15) is 5.75 Å². The molecule has 1 amide bonds. The molecule has 0 bridgehead atoms. The van der Waals surface area contributed by atoms with Gasteiger partial charge in [-0.3, -0.25) is 9.78 Å². The largest absolute Gasteiger partial charge is 0.508 e. The quantitative estimate of drug-likeness (QED) is 0.818. The van der Waals surface area contributed by atoms with Crippen molar-refractivity contribution < 1.29 is 9.90 Å². The minimum atomic E-state index is -0.0341. The highest BCUT2D eigenvalue weighted by molar-refractivity contribution is 5.94. The fourth-order valence-corrected chi connectivity index (χ4v) is 3.53. The van der Waals surface area contributed by atoms with E-state index in [-0.39, 0.29) is 11.7 Å². The second kappa shape index (κ2) is 9.00. The van der Waals surface area contributed by atoms with E-state index in [4.69, 9.17) is 0 Å². The Morgan fingerprint density at radius 2 is 2.15 bits per heavy atom. The van der Waals surface area contributed by atoms with E-state index in [0.29, 0.717) is 18.2 Å². The lowest BCUT2D eigenvalue weighted by atomic mass is 9.96. The summed E-state index contributed by atoms with van der Waals surface area (Å²) in [5.41, 5.74) is 3.33. The number of hydrogen-bond acceptors (Lipinski definition) is 4. The van der Waals surface area contributed by atoms with Crippen LogP contribution in [-0.4, -0.2) is 47.1 Å². The van der Waals surface area contributed by atoms with Crippen LogP contribution in [0.2, 0.25) is 0 Å². The van der Waals surface area contributed by atoms with Crippen molar-refractivity contribution in [2.45, 2.75) is 45.1 Å². The maximum absolute atomic E-state index is 12.2. The lowest BCUT2D eigenvalue weighted by Gasteiger charge is -2.23. The second-order valence-corrected chi connectivity index (χ2v) is 7.33. The zero-order valence-electron chi connectivity index (χ0n) is 16.2. The van der Waals surface area contributed by atoms with Gasteiger partial charge in [0, 0.05) is 31.4 Å². The molecule has 5 heteroatoms. The Hall–Kier alpha value is -2.40. The molecule has 1 saturated heterocycles. The van der Waals surface area contributed by atoms with E-state index in [1.54, 1.807) is 30.3 Å². The van der Waals surface area contributed by atoms with Gasteiger partial charge in [0.25, 0.3) is 5.91 Å². The first-order valence-electron chi connectivity index (χ1n) is 9.85. The normalized spacial score (nSPS) is 16.9. The predicted octanol–water partition coefficient (Wildman–Crippen LogP) is 3.62. The molecule has 2 aromatic rings. The van der Waals surface area contributed by atoms with Gasteiger partial charge in [-0.2, -0.15) is 0 Å². The third-order valence-electron chi connectivity index (χ3n) is 5.30. The van der Waals surface area contributed by atoms with E-state index in [1.807, 2.05) is 19.1 Å². The van der Waals surface area contributed by atoms with E-state index in [2.05, 4.69) is 16.4 Å². The third-order valence-corrected chi connectivity index (χ3v) is 5.30. The number of hydrogen-bond donors (Lipinski definition) is 2. The van der Waals surface area contributed by atoms with Crippen LogP contribution in [0.25, 0.3) is 11.3 Å². The summed E-state index contributed by atoms with van der Waals surface area (Å²) in [6, 6.07) is 9.86. The van der Waals surface area contributed by atoms with Crippen molar-refractivity contribution in [3.8, 4) is 17.0 Å². The van der Waals surface area contributed by atoms with Crippen LogP contribution in [0, 0.1) is 0 Å². The summed E-state index contributed by atoms with van der Waals surface area (Å²) in [7, 11) is 1.78. The topological polar surface area (TPSA) is 65.5 Å². The standard InChI is InChI=1S/C22H29N3O2/c1-3-25(2)22(27)17-8-10-21(24-15-17)18-12-16(13-20(26)14-18)7-9-19-6-4-5-11-23-19/h8,10,12-15,19,23,26H,3-7,9,11H2,1-2H3/t19-/m0/s1. The number of phenolic OH excluding ortho intramolecular Hbond substituents is 1. The van der Waals surface area contributed by atoms with Gasteiger partial charge < -0.3 is 15.3 Å². The Bertz CT molecular complexity index is 768. The van der Waals surface area contributed by atoms with Crippen molar-refractivity contribution in [3.63, 3.8) is 0 Å². The van der Waals surface area contributed by atoms with Crippen LogP contribution in [0.15, 0.2) is 36.5 Å². The maximum Gasteiger partial charge on any atom is 0.255 e. The number of carbonyl (C=O) groups excluding carboxylic acids is 1. The number of nitrogens with one attached hydrogen (secondary N) is 1. The minimum absolute atomic E-state index is 0.0341. The first-order valence-corrected chi connectivity index (χ1v) is 9.85. The Balaban J connectivity index is 1.72. The van der Waals surface area contributed by atoms with Crippen molar-refractivity contribution in [2.24, 2.45) is 0 Å². The molecule has 0 aliphatic carbocycles. The highest BCUT2D eigenvalue weighted by Crippen LogP contribution is 2.26. The minimum Gasteiger partial charge on any atom is -0.508 e. The van der Waals surface area contributed by atoms with Crippen molar-refractivity contribution in [1.29, 1.82) is 0 Å². The molecule has 1 aliphatic heterocycles. The number of aromatic nitrogens is 1. The summed E-state index contributed by atoms with van der Waals surface area (Å²) in [4.78, 5) is 18.3. The zero-order valence-corrected chi connectivity index (χ0v) is 16.2. The lowest BCUT2D eigenvalue weighted by molar-refractivity contribution is 0.0802. The lowest BCUT2D eigenvalue weighted by Crippen LogP contribution is -2.34. The smallest absolute Gasteiger partial charge is 0.255 e. The molecule has 1 aromatic carbocycles. The summed E-state index contributed by atoms with van der Waals surface area (Å²) in [5, 5.41) is 13.7. The number of carbonyl (C=O) groups is 1. The predicted molar refractivity (Wildman–Crippen MR) is 108 cm³/mol. The van der Waals surface area contributed by atoms with Gasteiger partial charge in [0.15, 0.2) is 0 Å². The molecule has 0 unspecified atom stereocenters. The molecule has 27 heavy (non-hydrogen) atoms. The molecule has 144 valence electrons.